The molecule has 0 saturated heterocycles. The fourth-order valence-electron chi connectivity index (χ4n) is 1.67. The molecule has 0 unspecified atom stereocenters. The first-order chi connectivity index (χ1) is 9.49. The van der Waals surface area contributed by atoms with Gasteiger partial charge >= 0.3 is 0 Å². The van der Waals surface area contributed by atoms with E-state index in [1.54, 1.807) is 0 Å². The lowest BCUT2D eigenvalue weighted by Crippen LogP contribution is -2.42. The Hall–Kier alpha value is -1.07. The molecule has 0 aromatic heterocycles. The van der Waals surface area contributed by atoms with E-state index in [2.05, 4.69) is 21.2 Å². The number of hydrogen-bond donors (Lipinski definition) is 2. The van der Waals surface area contributed by atoms with E-state index in [0.29, 0.717) is 19.4 Å². The molecule has 0 aliphatic heterocycles. The van der Waals surface area contributed by atoms with Crippen LogP contribution in [0.3, 0.4) is 0 Å². The van der Waals surface area contributed by atoms with E-state index in [0.717, 1.165) is 10.2 Å². The zero-order valence-electron chi connectivity index (χ0n) is 12.0. The van der Waals surface area contributed by atoms with Crippen LogP contribution in [0.25, 0.3) is 0 Å². The molecule has 112 valence electrons. The second-order valence-electron chi connectivity index (χ2n) is 4.76. The molecule has 2 N–H and O–H groups in total. The number of aliphatic hydroxyl groups is 1. The number of amides is 1. The summed E-state index contributed by atoms with van der Waals surface area (Å²) < 4.78 is 6.43. The van der Waals surface area contributed by atoms with Crippen LogP contribution in [0.5, 0.6) is 5.75 Å². The Morgan fingerprint density at radius 1 is 1.40 bits per heavy atom. The van der Waals surface area contributed by atoms with E-state index in [9.17, 15) is 9.90 Å². The minimum Gasteiger partial charge on any atom is -0.493 e. The van der Waals surface area contributed by atoms with E-state index >= 15 is 0 Å². The Bertz CT molecular complexity index is 433. The summed E-state index contributed by atoms with van der Waals surface area (Å²) in [5, 5.41) is 12.8. The van der Waals surface area contributed by atoms with Crippen molar-refractivity contribution in [2.75, 3.05) is 13.2 Å². The standard InChI is InChI=1S/C15H22BrNO3/c1-3-15(19,4-2)11-17-14(18)8-9-20-13-7-5-6-12(16)10-13/h5-7,10,19H,3-4,8-9,11H2,1-2H3,(H,17,18). The van der Waals surface area contributed by atoms with Gasteiger partial charge in [0.25, 0.3) is 0 Å². The predicted octanol–water partition coefficient (Wildman–Crippen LogP) is 2.89. The van der Waals surface area contributed by atoms with E-state index < -0.39 is 5.60 Å². The van der Waals surface area contributed by atoms with Gasteiger partial charge in [-0.2, -0.15) is 0 Å². The van der Waals surface area contributed by atoms with Crippen LogP contribution >= 0.6 is 15.9 Å². The van der Waals surface area contributed by atoms with Crippen LogP contribution in [0.15, 0.2) is 28.7 Å². The van der Waals surface area contributed by atoms with Crippen molar-refractivity contribution < 1.29 is 14.6 Å². The highest BCUT2D eigenvalue weighted by atomic mass is 79.9. The quantitative estimate of drug-likeness (QED) is 0.762. The van der Waals surface area contributed by atoms with Crippen LogP contribution in [-0.2, 0) is 4.79 Å². The van der Waals surface area contributed by atoms with Gasteiger partial charge in [-0.3, -0.25) is 4.79 Å². The lowest BCUT2D eigenvalue weighted by molar-refractivity contribution is -0.122. The summed E-state index contributed by atoms with van der Waals surface area (Å²) >= 11 is 3.36. The van der Waals surface area contributed by atoms with E-state index in [4.69, 9.17) is 4.74 Å². The van der Waals surface area contributed by atoms with Gasteiger partial charge in [0, 0.05) is 11.0 Å². The Labute approximate surface area is 128 Å². The van der Waals surface area contributed by atoms with Gasteiger partial charge in [0.15, 0.2) is 0 Å². The minimum atomic E-state index is -0.805. The third-order valence-electron chi connectivity index (χ3n) is 3.32. The summed E-state index contributed by atoms with van der Waals surface area (Å²) in [4.78, 5) is 11.7. The molecule has 1 aromatic rings. The van der Waals surface area contributed by atoms with Crippen LogP contribution in [0, 0.1) is 0 Å². The van der Waals surface area contributed by atoms with Crippen LogP contribution in [-0.4, -0.2) is 29.8 Å². The van der Waals surface area contributed by atoms with Gasteiger partial charge in [-0.05, 0) is 31.0 Å². The summed E-state index contributed by atoms with van der Waals surface area (Å²) in [6.45, 7) is 4.42. The second kappa shape index (κ2) is 8.27. The molecule has 0 fully saturated rings. The highest BCUT2D eigenvalue weighted by Crippen LogP contribution is 2.17. The average molecular weight is 344 g/mol. The van der Waals surface area contributed by atoms with Crippen molar-refractivity contribution in [3.8, 4) is 5.75 Å². The Morgan fingerprint density at radius 3 is 2.70 bits per heavy atom. The van der Waals surface area contributed by atoms with Gasteiger partial charge in [-0.1, -0.05) is 35.8 Å². The molecule has 0 radical (unpaired) electrons. The van der Waals surface area contributed by atoms with Crippen molar-refractivity contribution in [2.24, 2.45) is 0 Å². The Balaban J connectivity index is 2.27. The average Bonchev–Trinajstić information content (AvgIpc) is 2.45. The molecule has 0 spiro atoms. The van der Waals surface area contributed by atoms with Gasteiger partial charge in [0.05, 0.1) is 18.6 Å². The van der Waals surface area contributed by atoms with Crippen molar-refractivity contribution in [1.82, 2.24) is 5.32 Å². The number of ether oxygens (including phenoxy) is 1. The van der Waals surface area contributed by atoms with Crippen molar-refractivity contribution >= 4 is 21.8 Å². The first kappa shape index (κ1) is 17.0. The molecule has 20 heavy (non-hydrogen) atoms. The molecule has 4 nitrogen and oxygen atoms in total. The molecule has 0 bridgehead atoms. The monoisotopic (exact) mass is 343 g/mol. The van der Waals surface area contributed by atoms with Crippen LogP contribution < -0.4 is 10.1 Å². The summed E-state index contributed by atoms with van der Waals surface area (Å²) in [6.07, 6.45) is 1.52. The maximum atomic E-state index is 11.7. The van der Waals surface area contributed by atoms with Gasteiger partial charge in [-0.25, -0.2) is 0 Å². The van der Waals surface area contributed by atoms with Crippen molar-refractivity contribution in [3.63, 3.8) is 0 Å². The van der Waals surface area contributed by atoms with Crippen molar-refractivity contribution in [3.05, 3.63) is 28.7 Å². The van der Waals surface area contributed by atoms with Crippen LogP contribution in [0.4, 0.5) is 0 Å². The molecule has 0 aliphatic carbocycles. The number of nitrogens with one attached hydrogen (secondary N) is 1. The highest BCUT2D eigenvalue weighted by Gasteiger charge is 2.22. The first-order valence-electron chi connectivity index (χ1n) is 6.86. The second-order valence-corrected chi connectivity index (χ2v) is 5.68. The summed E-state index contributed by atoms with van der Waals surface area (Å²) in [7, 11) is 0. The fraction of sp³-hybridized carbons (Fsp3) is 0.533. The number of carbonyl (C=O) groups is 1. The summed E-state index contributed by atoms with van der Waals surface area (Å²) in [6, 6.07) is 7.48. The Kier molecular flexibility index (Phi) is 7.02. The molecule has 0 aliphatic rings. The first-order valence-corrected chi connectivity index (χ1v) is 7.66. The zero-order valence-corrected chi connectivity index (χ0v) is 13.6. The third kappa shape index (κ3) is 5.92. The molecule has 1 rings (SSSR count). The number of hydrogen-bond acceptors (Lipinski definition) is 3. The lowest BCUT2D eigenvalue weighted by atomic mass is 9.97. The maximum absolute atomic E-state index is 11.7. The number of carbonyl (C=O) groups excluding carboxylic acids is 1. The Morgan fingerprint density at radius 2 is 2.10 bits per heavy atom. The molecule has 1 amide bonds. The number of halogens is 1. The molecule has 1 aromatic carbocycles. The van der Waals surface area contributed by atoms with E-state index in [-0.39, 0.29) is 18.9 Å². The number of rotatable bonds is 8. The van der Waals surface area contributed by atoms with Gasteiger partial charge < -0.3 is 15.2 Å². The van der Waals surface area contributed by atoms with Crippen molar-refractivity contribution in [2.45, 2.75) is 38.7 Å². The summed E-state index contributed by atoms with van der Waals surface area (Å²) in [5.41, 5.74) is -0.805. The highest BCUT2D eigenvalue weighted by molar-refractivity contribution is 9.10. The zero-order chi connectivity index (χ0) is 15.0. The lowest BCUT2D eigenvalue weighted by Gasteiger charge is -2.25. The van der Waals surface area contributed by atoms with E-state index in [1.165, 1.54) is 0 Å². The maximum Gasteiger partial charge on any atom is 0.223 e. The van der Waals surface area contributed by atoms with Crippen molar-refractivity contribution in [1.29, 1.82) is 0 Å². The molecule has 5 heteroatoms. The number of benzene rings is 1. The minimum absolute atomic E-state index is 0.111. The topological polar surface area (TPSA) is 58.6 Å². The van der Waals surface area contributed by atoms with Crippen LogP contribution in [0.2, 0.25) is 0 Å². The fourth-order valence-corrected chi connectivity index (χ4v) is 2.05. The predicted molar refractivity (Wildman–Crippen MR) is 82.8 cm³/mol. The SMILES string of the molecule is CCC(O)(CC)CNC(=O)CCOc1cccc(Br)c1. The molecular formula is C15H22BrNO3. The largest absolute Gasteiger partial charge is 0.493 e. The van der Waals surface area contributed by atoms with Crippen LogP contribution in [0.1, 0.15) is 33.1 Å². The van der Waals surface area contributed by atoms with Gasteiger partial charge in [0.1, 0.15) is 5.75 Å². The molecule has 0 atom stereocenters. The summed E-state index contributed by atoms with van der Waals surface area (Å²) in [5.74, 6) is 0.617. The molecule has 0 saturated carbocycles. The smallest absolute Gasteiger partial charge is 0.223 e. The van der Waals surface area contributed by atoms with Gasteiger partial charge in [-0.15, -0.1) is 0 Å². The molecular weight excluding hydrogens is 322 g/mol. The third-order valence-corrected chi connectivity index (χ3v) is 3.82. The normalized spacial score (nSPS) is 11.2. The van der Waals surface area contributed by atoms with E-state index in [1.807, 2.05) is 38.1 Å². The van der Waals surface area contributed by atoms with Gasteiger partial charge in [0.2, 0.25) is 5.91 Å². The molecule has 0 heterocycles.